The molecule has 0 N–H and O–H groups in total. The molecule has 18 heavy (non-hydrogen) atoms. The number of hydrogen-bond acceptors (Lipinski definition) is 1. The summed E-state index contributed by atoms with van der Waals surface area (Å²) in [7, 11) is 0. The van der Waals surface area contributed by atoms with Crippen LogP contribution in [0.1, 0.15) is 18.3 Å². The van der Waals surface area contributed by atoms with E-state index in [1.807, 2.05) is 0 Å². The standard InChI is InChI=1S/C12H10F4N2/c1-2-8-7-11(12(14,15)16)17-18(8)10-6-4-3-5-9(10)13/h3-7H,2H2,1H3. The average Bonchev–Trinajstić information content (AvgIpc) is 2.73. The SMILES string of the molecule is CCc1cc(C(F)(F)F)nn1-c1ccccc1F. The van der Waals surface area contributed by atoms with E-state index in [0.29, 0.717) is 12.1 Å². The molecule has 0 amide bonds. The topological polar surface area (TPSA) is 17.8 Å². The van der Waals surface area contributed by atoms with Gasteiger partial charge in [-0.2, -0.15) is 18.3 Å². The number of rotatable bonds is 2. The van der Waals surface area contributed by atoms with E-state index < -0.39 is 17.7 Å². The maximum absolute atomic E-state index is 13.6. The molecule has 0 aliphatic carbocycles. The lowest BCUT2D eigenvalue weighted by molar-refractivity contribution is -0.141. The van der Waals surface area contributed by atoms with Gasteiger partial charge in [0.1, 0.15) is 11.5 Å². The Morgan fingerprint density at radius 1 is 1.22 bits per heavy atom. The molecule has 0 saturated carbocycles. The minimum Gasteiger partial charge on any atom is -0.234 e. The number of aromatic nitrogens is 2. The zero-order chi connectivity index (χ0) is 13.3. The summed E-state index contributed by atoms with van der Waals surface area (Å²) in [5, 5.41) is 3.44. The van der Waals surface area contributed by atoms with E-state index in [0.717, 1.165) is 10.7 Å². The molecule has 2 rings (SSSR count). The van der Waals surface area contributed by atoms with Crippen molar-refractivity contribution in [1.82, 2.24) is 9.78 Å². The molecular formula is C12H10F4N2. The van der Waals surface area contributed by atoms with Crippen molar-refractivity contribution in [3.8, 4) is 5.69 Å². The van der Waals surface area contributed by atoms with Gasteiger partial charge in [0.2, 0.25) is 0 Å². The summed E-state index contributed by atoms with van der Waals surface area (Å²) in [5.41, 5.74) is -0.681. The lowest BCUT2D eigenvalue weighted by Gasteiger charge is -2.06. The molecule has 6 heteroatoms. The first-order chi connectivity index (χ1) is 8.43. The molecular weight excluding hydrogens is 248 g/mol. The number of benzene rings is 1. The fraction of sp³-hybridized carbons (Fsp3) is 0.250. The fourth-order valence-electron chi connectivity index (χ4n) is 1.64. The lowest BCUT2D eigenvalue weighted by atomic mass is 10.2. The van der Waals surface area contributed by atoms with Crippen molar-refractivity contribution in [2.75, 3.05) is 0 Å². The second-order valence-electron chi connectivity index (χ2n) is 3.74. The summed E-state index contributed by atoms with van der Waals surface area (Å²) in [6, 6.07) is 6.53. The van der Waals surface area contributed by atoms with Crippen molar-refractivity contribution in [2.45, 2.75) is 19.5 Å². The first-order valence-electron chi connectivity index (χ1n) is 5.34. The Hall–Kier alpha value is -1.85. The third-order valence-corrected chi connectivity index (χ3v) is 2.52. The Morgan fingerprint density at radius 2 is 1.89 bits per heavy atom. The number of alkyl halides is 3. The van der Waals surface area contributed by atoms with Crippen LogP contribution in [0.3, 0.4) is 0 Å². The average molecular weight is 258 g/mol. The second kappa shape index (κ2) is 4.44. The van der Waals surface area contributed by atoms with Gasteiger partial charge in [-0.15, -0.1) is 0 Å². The molecule has 0 aliphatic rings. The van der Waals surface area contributed by atoms with Gasteiger partial charge in [0, 0.05) is 5.69 Å². The van der Waals surface area contributed by atoms with Crippen LogP contribution in [0.25, 0.3) is 5.69 Å². The fourth-order valence-corrected chi connectivity index (χ4v) is 1.64. The van der Waals surface area contributed by atoms with Crippen LogP contribution in [0.2, 0.25) is 0 Å². The van der Waals surface area contributed by atoms with E-state index in [2.05, 4.69) is 5.10 Å². The molecule has 0 fully saturated rings. The van der Waals surface area contributed by atoms with Gasteiger partial charge >= 0.3 is 6.18 Å². The van der Waals surface area contributed by atoms with Gasteiger partial charge in [0.15, 0.2) is 5.69 Å². The predicted molar refractivity (Wildman–Crippen MR) is 57.9 cm³/mol. The van der Waals surface area contributed by atoms with Crippen molar-refractivity contribution in [2.24, 2.45) is 0 Å². The number of halogens is 4. The monoisotopic (exact) mass is 258 g/mol. The van der Waals surface area contributed by atoms with Crippen molar-refractivity contribution in [3.05, 3.63) is 47.5 Å². The molecule has 1 aromatic heterocycles. The summed E-state index contributed by atoms with van der Waals surface area (Å²) >= 11 is 0. The smallest absolute Gasteiger partial charge is 0.234 e. The molecule has 1 aromatic carbocycles. The van der Waals surface area contributed by atoms with Crippen LogP contribution in [0.5, 0.6) is 0 Å². The van der Waals surface area contributed by atoms with E-state index >= 15 is 0 Å². The molecule has 0 spiro atoms. The highest BCUT2D eigenvalue weighted by atomic mass is 19.4. The molecule has 0 aliphatic heterocycles. The van der Waals surface area contributed by atoms with Gasteiger partial charge < -0.3 is 0 Å². The van der Waals surface area contributed by atoms with E-state index in [4.69, 9.17) is 0 Å². The van der Waals surface area contributed by atoms with Gasteiger partial charge in [-0.3, -0.25) is 0 Å². The van der Waals surface area contributed by atoms with Gasteiger partial charge in [-0.05, 0) is 24.6 Å². The lowest BCUT2D eigenvalue weighted by Crippen LogP contribution is -2.08. The summed E-state index contributed by atoms with van der Waals surface area (Å²) in [6.07, 6.45) is -4.20. The van der Waals surface area contributed by atoms with Gasteiger partial charge in [-0.25, -0.2) is 9.07 Å². The Labute approximate surface area is 101 Å². The largest absolute Gasteiger partial charge is 0.435 e. The third kappa shape index (κ3) is 2.23. The molecule has 1 heterocycles. The van der Waals surface area contributed by atoms with E-state index in [-0.39, 0.29) is 5.69 Å². The number of nitrogens with zero attached hydrogens (tertiary/aromatic N) is 2. The minimum absolute atomic E-state index is 0.0184. The maximum Gasteiger partial charge on any atom is 0.435 e. The Balaban J connectivity index is 2.58. The van der Waals surface area contributed by atoms with Crippen LogP contribution >= 0.6 is 0 Å². The summed E-state index contributed by atoms with van der Waals surface area (Å²) in [6.45, 7) is 1.69. The molecule has 0 bridgehead atoms. The van der Waals surface area contributed by atoms with Crippen LogP contribution in [0.4, 0.5) is 17.6 Å². The van der Waals surface area contributed by atoms with E-state index in [9.17, 15) is 17.6 Å². The van der Waals surface area contributed by atoms with Crippen molar-refractivity contribution >= 4 is 0 Å². The van der Waals surface area contributed by atoms with Crippen molar-refractivity contribution in [3.63, 3.8) is 0 Å². The Morgan fingerprint density at radius 3 is 2.44 bits per heavy atom. The highest BCUT2D eigenvalue weighted by Crippen LogP contribution is 2.30. The first-order valence-corrected chi connectivity index (χ1v) is 5.34. The zero-order valence-corrected chi connectivity index (χ0v) is 9.50. The van der Waals surface area contributed by atoms with Gasteiger partial charge in [-0.1, -0.05) is 19.1 Å². The highest BCUT2D eigenvalue weighted by Gasteiger charge is 2.35. The van der Waals surface area contributed by atoms with Crippen LogP contribution in [-0.2, 0) is 12.6 Å². The van der Waals surface area contributed by atoms with Crippen molar-refractivity contribution < 1.29 is 17.6 Å². The van der Waals surface area contributed by atoms with Gasteiger partial charge in [0.25, 0.3) is 0 Å². The maximum atomic E-state index is 13.6. The Bertz CT molecular complexity index is 557. The number of hydrogen-bond donors (Lipinski definition) is 0. The predicted octanol–water partition coefficient (Wildman–Crippen LogP) is 3.59. The minimum atomic E-state index is -4.53. The summed E-state index contributed by atoms with van der Waals surface area (Å²) in [5.74, 6) is -0.607. The molecule has 2 aromatic rings. The summed E-state index contributed by atoms with van der Waals surface area (Å²) in [4.78, 5) is 0. The number of aryl methyl sites for hydroxylation is 1. The summed E-state index contributed by atoms with van der Waals surface area (Å²) < 4.78 is 52.2. The number of para-hydroxylation sites is 1. The van der Waals surface area contributed by atoms with Crippen LogP contribution in [0.15, 0.2) is 30.3 Å². The van der Waals surface area contributed by atoms with E-state index in [1.165, 1.54) is 18.2 Å². The third-order valence-electron chi connectivity index (χ3n) is 2.52. The second-order valence-corrected chi connectivity index (χ2v) is 3.74. The van der Waals surface area contributed by atoms with Crippen molar-refractivity contribution in [1.29, 1.82) is 0 Å². The normalized spacial score (nSPS) is 11.8. The van der Waals surface area contributed by atoms with Crippen LogP contribution in [0, 0.1) is 5.82 Å². The quantitative estimate of drug-likeness (QED) is 0.753. The van der Waals surface area contributed by atoms with Crippen LogP contribution in [-0.4, -0.2) is 9.78 Å². The molecule has 0 atom stereocenters. The van der Waals surface area contributed by atoms with E-state index in [1.54, 1.807) is 13.0 Å². The molecule has 2 nitrogen and oxygen atoms in total. The first kappa shape index (κ1) is 12.6. The molecule has 0 saturated heterocycles. The van der Waals surface area contributed by atoms with Crippen LogP contribution < -0.4 is 0 Å². The molecule has 0 radical (unpaired) electrons. The zero-order valence-electron chi connectivity index (χ0n) is 9.50. The Kier molecular flexibility index (Phi) is 3.11. The highest BCUT2D eigenvalue weighted by molar-refractivity contribution is 5.35. The van der Waals surface area contributed by atoms with Gasteiger partial charge in [0.05, 0.1) is 0 Å². The molecule has 0 unspecified atom stereocenters. The molecule has 96 valence electrons.